The van der Waals surface area contributed by atoms with Crippen LogP contribution in [0.5, 0.6) is 0 Å². The fourth-order valence-corrected chi connectivity index (χ4v) is 1.54. The average molecular weight is 285 g/mol. The highest BCUT2D eigenvalue weighted by Crippen LogP contribution is 2.29. The molecule has 0 aliphatic rings. The summed E-state index contributed by atoms with van der Waals surface area (Å²) in [6.45, 7) is 1.54. The van der Waals surface area contributed by atoms with Gasteiger partial charge in [0.1, 0.15) is 6.07 Å². The van der Waals surface area contributed by atoms with Crippen LogP contribution in [0.2, 0.25) is 0 Å². The third-order valence-electron chi connectivity index (χ3n) is 2.33. The summed E-state index contributed by atoms with van der Waals surface area (Å²) in [4.78, 5) is 24.5. The van der Waals surface area contributed by atoms with E-state index in [0.717, 1.165) is 0 Å². The van der Waals surface area contributed by atoms with Crippen molar-refractivity contribution in [3.05, 3.63) is 33.0 Å². The summed E-state index contributed by atoms with van der Waals surface area (Å²) in [6, 6.07) is 1.46. The molecule has 0 aliphatic carbocycles. The van der Waals surface area contributed by atoms with E-state index in [1.165, 1.54) is 13.0 Å². The van der Waals surface area contributed by atoms with E-state index in [4.69, 9.17) is 5.26 Å². The van der Waals surface area contributed by atoms with Gasteiger partial charge < -0.3 is 14.9 Å². The molecule has 0 amide bonds. The van der Waals surface area contributed by atoms with Gasteiger partial charge in [0.15, 0.2) is 6.20 Å². The molecule has 0 N–H and O–H groups in total. The van der Waals surface area contributed by atoms with E-state index >= 15 is 0 Å². The van der Waals surface area contributed by atoms with E-state index in [2.05, 4.69) is 9.72 Å². The average Bonchev–Trinajstić information content (AvgIpc) is 2.37. The number of carbonyl (C=O) groups is 1. The number of alkyl halides is 2. The van der Waals surface area contributed by atoms with Gasteiger partial charge in [-0.05, 0) is 16.8 Å². The van der Waals surface area contributed by atoms with Gasteiger partial charge in [-0.15, -0.1) is 0 Å². The summed E-state index contributed by atoms with van der Waals surface area (Å²) in [7, 11) is 0. The lowest BCUT2D eigenvalue weighted by Crippen LogP contribution is -2.13. The number of carbonyl (C=O) groups excluding carboxylic acids is 1. The van der Waals surface area contributed by atoms with Crippen molar-refractivity contribution in [2.45, 2.75) is 19.8 Å². The molecule has 106 valence electrons. The number of nitriles is 1. The number of halogens is 2. The molecule has 0 saturated carbocycles. The molecule has 1 aromatic heterocycles. The predicted octanol–water partition coefficient (Wildman–Crippen LogP) is 1.90. The number of hydrogen-bond acceptors (Lipinski definition) is 6. The summed E-state index contributed by atoms with van der Waals surface area (Å²) >= 11 is 0. The van der Waals surface area contributed by atoms with Gasteiger partial charge >= 0.3 is 11.8 Å². The zero-order chi connectivity index (χ0) is 15.3. The molecule has 0 fully saturated rings. The second-order valence-electron chi connectivity index (χ2n) is 3.54. The quantitative estimate of drug-likeness (QED) is 0.464. The number of nitro groups is 1. The Labute approximate surface area is 111 Å². The molecular weight excluding hydrogens is 276 g/mol. The third kappa shape index (κ3) is 3.23. The minimum Gasteiger partial charge on any atom is -0.466 e. The zero-order valence-electron chi connectivity index (χ0n) is 10.3. The number of hydrogen-bond donors (Lipinski definition) is 0. The molecule has 0 spiro atoms. The summed E-state index contributed by atoms with van der Waals surface area (Å²) in [6.07, 6.45) is -3.13. The highest BCUT2D eigenvalue weighted by molar-refractivity contribution is 5.75. The van der Waals surface area contributed by atoms with Crippen LogP contribution in [0.3, 0.4) is 0 Å². The third-order valence-corrected chi connectivity index (χ3v) is 2.33. The molecule has 1 rings (SSSR count). The highest BCUT2D eigenvalue weighted by Gasteiger charge is 2.28. The van der Waals surface area contributed by atoms with Gasteiger partial charge in [0, 0.05) is 0 Å². The number of nitrogens with zero attached hydrogens (tertiary/aromatic N) is 3. The lowest BCUT2D eigenvalue weighted by molar-refractivity contribution is -0.390. The van der Waals surface area contributed by atoms with E-state index in [9.17, 15) is 23.7 Å². The fourth-order valence-electron chi connectivity index (χ4n) is 1.54. The van der Waals surface area contributed by atoms with E-state index in [0.29, 0.717) is 6.20 Å². The predicted molar refractivity (Wildman–Crippen MR) is 60.9 cm³/mol. The normalized spacial score (nSPS) is 10.2. The first-order chi connectivity index (χ1) is 9.42. The number of esters is 1. The van der Waals surface area contributed by atoms with Crippen LogP contribution in [0.15, 0.2) is 6.20 Å². The Morgan fingerprint density at radius 2 is 2.30 bits per heavy atom. The maximum atomic E-state index is 12.7. The lowest BCUT2D eigenvalue weighted by atomic mass is 10.0. The molecule has 0 radical (unpaired) electrons. The van der Waals surface area contributed by atoms with Crippen molar-refractivity contribution in [2.24, 2.45) is 0 Å². The fraction of sp³-hybridized carbons (Fsp3) is 0.364. The maximum Gasteiger partial charge on any atom is 0.368 e. The van der Waals surface area contributed by atoms with Gasteiger partial charge in [-0.2, -0.15) is 5.26 Å². The minimum atomic E-state index is -3.03. The smallest absolute Gasteiger partial charge is 0.368 e. The highest BCUT2D eigenvalue weighted by atomic mass is 19.3. The molecule has 0 bridgehead atoms. The Bertz CT molecular complexity index is 584. The minimum absolute atomic E-state index is 0.0243. The first-order valence-corrected chi connectivity index (χ1v) is 5.42. The van der Waals surface area contributed by atoms with E-state index in [1.54, 1.807) is 0 Å². The van der Waals surface area contributed by atoms with Crippen molar-refractivity contribution in [2.75, 3.05) is 6.61 Å². The molecule has 0 atom stereocenters. The van der Waals surface area contributed by atoms with Crippen LogP contribution in [-0.2, 0) is 16.0 Å². The standard InChI is InChI=1S/C11H9F2N3O4/c1-2-20-9(17)3-6-7(4-14)8(10(12)13)5-15-11(6)16(18)19/h5,10H,2-3H2,1H3. The second-order valence-corrected chi connectivity index (χ2v) is 3.54. The monoisotopic (exact) mass is 285 g/mol. The van der Waals surface area contributed by atoms with Gasteiger partial charge in [0.2, 0.25) is 0 Å². The molecule has 0 saturated heterocycles. The number of pyridine rings is 1. The van der Waals surface area contributed by atoms with Crippen LogP contribution >= 0.6 is 0 Å². The molecule has 7 nitrogen and oxygen atoms in total. The topological polar surface area (TPSA) is 106 Å². The van der Waals surface area contributed by atoms with Crippen LogP contribution in [0, 0.1) is 21.4 Å². The largest absolute Gasteiger partial charge is 0.466 e. The zero-order valence-corrected chi connectivity index (χ0v) is 10.3. The first-order valence-electron chi connectivity index (χ1n) is 5.42. The SMILES string of the molecule is CCOC(=O)Cc1c([N+](=O)[O-])ncc(C(F)F)c1C#N. The van der Waals surface area contributed by atoms with E-state index in [-0.39, 0.29) is 6.61 Å². The van der Waals surface area contributed by atoms with Gasteiger partial charge in [0.25, 0.3) is 6.43 Å². The van der Waals surface area contributed by atoms with Crippen molar-refractivity contribution in [1.82, 2.24) is 4.98 Å². The van der Waals surface area contributed by atoms with Crippen molar-refractivity contribution in [1.29, 1.82) is 5.26 Å². The lowest BCUT2D eigenvalue weighted by Gasteiger charge is -2.07. The van der Waals surface area contributed by atoms with Crippen LogP contribution in [0.4, 0.5) is 14.6 Å². The Morgan fingerprint density at radius 3 is 2.75 bits per heavy atom. The van der Waals surface area contributed by atoms with Gasteiger partial charge in [-0.1, -0.05) is 0 Å². The van der Waals surface area contributed by atoms with Crippen molar-refractivity contribution in [3.8, 4) is 6.07 Å². The molecular formula is C11H9F2N3O4. The van der Waals surface area contributed by atoms with Crippen molar-refractivity contribution < 1.29 is 23.2 Å². The molecule has 0 aromatic carbocycles. The summed E-state index contributed by atoms with van der Waals surface area (Å²) in [5, 5.41) is 19.7. The molecule has 0 unspecified atom stereocenters. The Kier molecular flexibility index (Phi) is 5.02. The number of ether oxygens (including phenoxy) is 1. The molecule has 9 heteroatoms. The summed E-state index contributed by atoms with van der Waals surface area (Å²) in [5.74, 6) is -1.67. The second kappa shape index (κ2) is 6.51. The van der Waals surface area contributed by atoms with Gasteiger partial charge in [-0.3, -0.25) is 4.79 Å². The van der Waals surface area contributed by atoms with Crippen molar-refractivity contribution >= 4 is 11.8 Å². The number of aromatic nitrogens is 1. The molecule has 20 heavy (non-hydrogen) atoms. The van der Waals surface area contributed by atoms with Crippen LogP contribution < -0.4 is 0 Å². The van der Waals surface area contributed by atoms with Gasteiger partial charge in [0.05, 0.1) is 29.7 Å². The Morgan fingerprint density at radius 1 is 1.65 bits per heavy atom. The first kappa shape index (κ1) is 15.4. The van der Waals surface area contributed by atoms with E-state index in [1.807, 2.05) is 0 Å². The van der Waals surface area contributed by atoms with Gasteiger partial charge in [-0.25, -0.2) is 8.78 Å². The maximum absolute atomic E-state index is 12.7. The summed E-state index contributed by atoms with van der Waals surface area (Å²) in [5.41, 5.74) is -1.83. The van der Waals surface area contributed by atoms with E-state index < -0.39 is 46.2 Å². The molecule has 0 aliphatic heterocycles. The number of rotatable bonds is 5. The Balaban J connectivity index is 3.42. The molecule has 1 aromatic rings. The van der Waals surface area contributed by atoms with Crippen LogP contribution in [0.25, 0.3) is 0 Å². The van der Waals surface area contributed by atoms with Crippen LogP contribution in [0.1, 0.15) is 30.0 Å². The Hall–Kier alpha value is -2.63. The van der Waals surface area contributed by atoms with Crippen molar-refractivity contribution in [3.63, 3.8) is 0 Å². The van der Waals surface area contributed by atoms with Crippen LogP contribution in [-0.4, -0.2) is 22.5 Å². The summed E-state index contributed by atoms with van der Waals surface area (Å²) < 4.78 is 30.1. The molecule has 1 heterocycles.